The molecule has 0 saturated carbocycles. The first-order chi connectivity index (χ1) is 9.58. The average Bonchev–Trinajstić information content (AvgIpc) is 2.44. The van der Waals surface area contributed by atoms with Crippen molar-refractivity contribution in [2.45, 2.75) is 33.1 Å². The van der Waals surface area contributed by atoms with Gasteiger partial charge < -0.3 is 10.4 Å². The molecule has 0 aliphatic carbocycles. The molecule has 1 aromatic rings. The number of hydrogen-bond donors (Lipinski definition) is 2. The van der Waals surface area contributed by atoms with Gasteiger partial charge in [0.25, 0.3) is 0 Å². The SMILES string of the molecule is CCC(Cc1ccccc1Br)C(=O)NCC(C)CCO. The maximum absolute atomic E-state index is 12.2. The fraction of sp³-hybridized carbons (Fsp3) is 0.562. The van der Waals surface area contributed by atoms with E-state index in [2.05, 4.69) is 27.3 Å². The number of rotatable bonds is 8. The molecule has 112 valence electrons. The van der Waals surface area contributed by atoms with E-state index in [4.69, 9.17) is 5.11 Å². The number of hydrogen-bond acceptors (Lipinski definition) is 2. The number of aliphatic hydroxyl groups excluding tert-OH is 1. The Hall–Kier alpha value is -0.870. The maximum atomic E-state index is 12.2. The molecule has 2 unspecified atom stereocenters. The highest BCUT2D eigenvalue weighted by Gasteiger charge is 2.18. The summed E-state index contributed by atoms with van der Waals surface area (Å²) in [6.45, 7) is 4.88. The van der Waals surface area contributed by atoms with Crippen molar-refractivity contribution in [1.29, 1.82) is 0 Å². The van der Waals surface area contributed by atoms with Crippen molar-refractivity contribution >= 4 is 21.8 Å². The van der Waals surface area contributed by atoms with Crippen molar-refractivity contribution in [3.63, 3.8) is 0 Å². The van der Waals surface area contributed by atoms with Gasteiger partial charge in [-0.3, -0.25) is 4.79 Å². The predicted molar refractivity (Wildman–Crippen MR) is 85.5 cm³/mol. The van der Waals surface area contributed by atoms with Crippen LogP contribution in [-0.2, 0) is 11.2 Å². The van der Waals surface area contributed by atoms with Gasteiger partial charge >= 0.3 is 0 Å². The summed E-state index contributed by atoms with van der Waals surface area (Å²) in [6, 6.07) is 8.02. The Morgan fingerprint density at radius 2 is 2.10 bits per heavy atom. The Kier molecular flexibility index (Phi) is 7.85. The van der Waals surface area contributed by atoms with E-state index in [1.807, 2.05) is 32.0 Å². The van der Waals surface area contributed by atoms with Crippen LogP contribution in [-0.4, -0.2) is 24.2 Å². The third kappa shape index (κ3) is 5.63. The number of halogens is 1. The highest BCUT2D eigenvalue weighted by Crippen LogP contribution is 2.21. The number of benzene rings is 1. The van der Waals surface area contributed by atoms with Gasteiger partial charge in [-0.2, -0.15) is 0 Å². The highest BCUT2D eigenvalue weighted by atomic mass is 79.9. The summed E-state index contributed by atoms with van der Waals surface area (Å²) in [7, 11) is 0. The number of carbonyl (C=O) groups is 1. The van der Waals surface area contributed by atoms with E-state index in [0.717, 1.165) is 29.3 Å². The quantitative estimate of drug-likeness (QED) is 0.762. The molecule has 0 bridgehead atoms. The Bertz CT molecular complexity index is 423. The minimum atomic E-state index is -0.00461. The van der Waals surface area contributed by atoms with Crippen molar-refractivity contribution in [3.8, 4) is 0 Å². The molecule has 0 heterocycles. The molecule has 0 aliphatic rings. The number of aliphatic hydroxyl groups is 1. The lowest BCUT2D eigenvalue weighted by Crippen LogP contribution is -2.34. The molecule has 20 heavy (non-hydrogen) atoms. The van der Waals surface area contributed by atoms with Crippen LogP contribution < -0.4 is 5.32 Å². The van der Waals surface area contributed by atoms with Crippen LogP contribution in [0.15, 0.2) is 28.7 Å². The first-order valence-electron chi connectivity index (χ1n) is 7.20. The topological polar surface area (TPSA) is 49.3 Å². The Balaban J connectivity index is 2.53. The second-order valence-electron chi connectivity index (χ2n) is 5.26. The molecule has 0 aliphatic heterocycles. The summed E-state index contributed by atoms with van der Waals surface area (Å²) in [5.74, 6) is 0.410. The van der Waals surface area contributed by atoms with Gasteiger partial charge in [-0.15, -0.1) is 0 Å². The van der Waals surface area contributed by atoms with Crippen LogP contribution in [0.2, 0.25) is 0 Å². The Labute approximate surface area is 129 Å². The lowest BCUT2D eigenvalue weighted by atomic mass is 9.96. The third-order valence-corrected chi connectivity index (χ3v) is 4.31. The first kappa shape index (κ1) is 17.2. The van der Waals surface area contributed by atoms with Crippen molar-refractivity contribution < 1.29 is 9.90 Å². The van der Waals surface area contributed by atoms with E-state index in [-0.39, 0.29) is 18.4 Å². The van der Waals surface area contributed by atoms with E-state index in [9.17, 15) is 4.79 Å². The Morgan fingerprint density at radius 1 is 1.40 bits per heavy atom. The fourth-order valence-corrected chi connectivity index (χ4v) is 2.54. The molecule has 0 radical (unpaired) electrons. The minimum absolute atomic E-state index is 0.00461. The zero-order valence-electron chi connectivity index (χ0n) is 12.2. The van der Waals surface area contributed by atoms with Crippen molar-refractivity contribution in [3.05, 3.63) is 34.3 Å². The zero-order chi connectivity index (χ0) is 15.0. The second-order valence-corrected chi connectivity index (χ2v) is 6.12. The molecule has 3 nitrogen and oxygen atoms in total. The number of amides is 1. The van der Waals surface area contributed by atoms with Gasteiger partial charge in [0, 0.05) is 23.5 Å². The van der Waals surface area contributed by atoms with Gasteiger partial charge in [0.15, 0.2) is 0 Å². The molecule has 2 atom stereocenters. The van der Waals surface area contributed by atoms with Crippen LogP contribution in [0.1, 0.15) is 32.3 Å². The predicted octanol–water partition coefficient (Wildman–Crippen LogP) is 3.15. The number of carbonyl (C=O) groups excluding carboxylic acids is 1. The molecule has 1 amide bonds. The molecule has 2 N–H and O–H groups in total. The van der Waals surface area contributed by atoms with E-state index < -0.39 is 0 Å². The van der Waals surface area contributed by atoms with E-state index in [0.29, 0.717) is 12.5 Å². The van der Waals surface area contributed by atoms with Gasteiger partial charge in [-0.1, -0.05) is 48.0 Å². The molecule has 4 heteroatoms. The lowest BCUT2D eigenvalue weighted by molar-refractivity contribution is -0.125. The smallest absolute Gasteiger partial charge is 0.223 e. The molecule has 0 fully saturated rings. The fourth-order valence-electron chi connectivity index (χ4n) is 2.09. The largest absolute Gasteiger partial charge is 0.396 e. The molecular formula is C16H24BrNO2. The molecule has 0 spiro atoms. The lowest BCUT2D eigenvalue weighted by Gasteiger charge is -2.18. The minimum Gasteiger partial charge on any atom is -0.396 e. The van der Waals surface area contributed by atoms with Gasteiger partial charge in [0.2, 0.25) is 5.91 Å². The normalized spacial score (nSPS) is 13.8. The zero-order valence-corrected chi connectivity index (χ0v) is 13.8. The average molecular weight is 342 g/mol. The standard InChI is InChI=1S/C16H24BrNO2/c1-3-13(10-14-6-4-5-7-15(14)17)16(20)18-11-12(2)8-9-19/h4-7,12-13,19H,3,8-11H2,1-2H3,(H,18,20). The summed E-state index contributed by atoms with van der Waals surface area (Å²) >= 11 is 3.53. The molecule has 1 aromatic carbocycles. The number of nitrogens with one attached hydrogen (secondary N) is 1. The summed E-state index contributed by atoms with van der Waals surface area (Å²) in [4.78, 5) is 12.2. The second kappa shape index (κ2) is 9.14. The van der Waals surface area contributed by atoms with Gasteiger partial charge in [0.1, 0.15) is 0 Å². The van der Waals surface area contributed by atoms with E-state index in [1.165, 1.54) is 0 Å². The monoisotopic (exact) mass is 341 g/mol. The van der Waals surface area contributed by atoms with Crippen LogP contribution >= 0.6 is 15.9 Å². The third-order valence-electron chi connectivity index (χ3n) is 3.53. The van der Waals surface area contributed by atoms with Crippen LogP contribution in [0.5, 0.6) is 0 Å². The van der Waals surface area contributed by atoms with Gasteiger partial charge in [0.05, 0.1) is 0 Å². The van der Waals surface area contributed by atoms with Crippen LogP contribution in [0, 0.1) is 11.8 Å². The highest BCUT2D eigenvalue weighted by molar-refractivity contribution is 9.10. The van der Waals surface area contributed by atoms with E-state index >= 15 is 0 Å². The van der Waals surface area contributed by atoms with Crippen molar-refractivity contribution in [2.75, 3.05) is 13.2 Å². The Morgan fingerprint density at radius 3 is 2.70 bits per heavy atom. The molecule has 1 rings (SSSR count). The van der Waals surface area contributed by atoms with Crippen molar-refractivity contribution in [2.24, 2.45) is 11.8 Å². The molecule has 0 saturated heterocycles. The van der Waals surface area contributed by atoms with E-state index in [1.54, 1.807) is 0 Å². The van der Waals surface area contributed by atoms with Crippen LogP contribution in [0.3, 0.4) is 0 Å². The summed E-state index contributed by atoms with van der Waals surface area (Å²) in [6.07, 6.45) is 2.29. The molecule has 0 aromatic heterocycles. The summed E-state index contributed by atoms with van der Waals surface area (Å²) < 4.78 is 1.06. The van der Waals surface area contributed by atoms with Crippen LogP contribution in [0.4, 0.5) is 0 Å². The van der Waals surface area contributed by atoms with Crippen molar-refractivity contribution in [1.82, 2.24) is 5.32 Å². The summed E-state index contributed by atoms with van der Waals surface area (Å²) in [5, 5.41) is 11.9. The maximum Gasteiger partial charge on any atom is 0.223 e. The van der Waals surface area contributed by atoms with Gasteiger partial charge in [-0.05, 0) is 36.8 Å². The summed E-state index contributed by atoms with van der Waals surface area (Å²) in [5.41, 5.74) is 1.16. The van der Waals surface area contributed by atoms with Gasteiger partial charge in [-0.25, -0.2) is 0 Å². The first-order valence-corrected chi connectivity index (χ1v) is 7.99. The molecular weight excluding hydrogens is 318 g/mol. The van der Waals surface area contributed by atoms with Crippen LogP contribution in [0.25, 0.3) is 0 Å².